The molecule has 2 atom stereocenters. The predicted molar refractivity (Wildman–Crippen MR) is 135 cm³/mol. The molecule has 0 amide bonds. The maximum absolute atomic E-state index is 13.6. The molecule has 2 N–H and O–H groups in total. The first-order chi connectivity index (χ1) is 16.8. The molecule has 0 aliphatic heterocycles. The number of hydrogen-bond acceptors (Lipinski definition) is 6. The molecule has 0 saturated heterocycles. The lowest BCUT2D eigenvalue weighted by molar-refractivity contribution is 0.0841. The molecule has 0 unspecified atom stereocenters. The monoisotopic (exact) mass is 479 g/mol. The summed E-state index contributed by atoms with van der Waals surface area (Å²) in [5, 5.41) is 0. The highest BCUT2D eigenvalue weighted by atomic mass is 16.5. The van der Waals surface area contributed by atoms with Crippen LogP contribution in [0.4, 0.5) is 0 Å². The second kappa shape index (κ2) is 10.4. The fourth-order valence-corrected chi connectivity index (χ4v) is 4.62. The lowest BCUT2D eigenvalue weighted by Gasteiger charge is -2.30. The van der Waals surface area contributed by atoms with Crippen molar-refractivity contribution in [3.63, 3.8) is 0 Å². The second-order valence-electron chi connectivity index (χ2n) is 9.42. The lowest BCUT2D eigenvalue weighted by atomic mass is 9.86. The average Bonchev–Trinajstić information content (AvgIpc) is 3.23. The van der Waals surface area contributed by atoms with Crippen molar-refractivity contribution in [3.05, 3.63) is 68.4 Å². The summed E-state index contributed by atoms with van der Waals surface area (Å²) in [7, 11) is 1.55. The van der Waals surface area contributed by atoms with Gasteiger partial charge < -0.3 is 10.5 Å². The number of aryl methyl sites for hydroxylation is 1. The molecule has 9 nitrogen and oxygen atoms in total. The summed E-state index contributed by atoms with van der Waals surface area (Å²) in [5.41, 5.74) is 6.82. The maximum Gasteiger partial charge on any atom is 0.332 e. The maximum atomic E-state index is 13.6. The molecule has 3 aromatic rings. The number of carbonyl (C=O) groups excluding carboxylic acids is 1. The Hall–Kier alpha value is -3.46. The highest BCUT2D eigenvalue weighted by Crippen LogP contribution is 2.29. The van der Waals surface area contributed by atoms with Crippen molar-refractivity contribution in [2.24, 2.45) is 18.7 Å². The molecule has 2 heterocycles. The van der Waals surface area contributed by atoms with Crippen molar-refractivity contribution < 1.29 is 9.53 Å². The van der Waals surface area contributed by atoms with Crippen molar-refractivity contribution >= 4 is 16.9 Å². The van der Waals surface area contributed by atoms with Gasteiger partial charge >= 0.3 is 5.69 Å². The Morgan fingerprint density at radius 3 is 2.54 bits per heavy atom. The number of imidazole rings is 1. The van der Waals surface area contributed by atoms with Gasteiger partial charge in [0.2, 0.25) is 0 Å². The minimum atomic E-state index is -0.595. The summed E-state index contributed by atoms with van der Waals surface area (Å²) >= 11 is 0. The van der Waals surface area contributed by atoms with Crippen molar-refractivity contribution in [1.82, 2.24) is 18.7 Å². The van der Waals surface area contributed by atoms with Gasteiger partial charge in [-0.2, -0.15) is 4.98 Å². The molecule has 1 fully saturated rings. The van der Waals surface area contributed by atoms with Gasteiger partial charge in [0.05, 0.1) is 6.54 Å². The number of ketones is 1. The fourth-order valence-electron chi connectivity index (χ4n) is 4.62. The van der Waals surface area contributed by atoms with Crippen LogP contribution >= 0.6 is 0 Å². The summed E-state index contributed by atoms with van der Waals surface area (Å²) in [4.78, 5) is 44.1. The van der Waals surface area contributed by atoms with Crippen molar-refractivity contribution in [2.75, 3.05) is 6.54 Å². The summed E-state index contributed by atoms with van der Waals surface area (Å²) in [6.07, 6.45) is 5.88. The van der Waals surface area contributed by atoms with Gasteiger partial charge in [-0.05, 0) is 39.7 Å². The third-order valence-corrected chi connectivity index (χ3v) is 6.68. The van der Waals surface area contributed by atoms with Crippen LogP contribution in [-0.4, -0.2) is 37.1 Å². The Labute approximate surface area is 203 Å². The standard InChI is InChI=1S/C26H33N5O4/c1-17(2)13-14-30-22-23(28-25(30)35-21-12-8-7-11-19(21)15-27)29(3)26(34)31(24(22)33)16-20(32)18-9-5-4-6-10-18/h4-6,9-10,13,19,21H,7-8,11-12,14-16,27H2,1-3H3/t19-,21+/m0/s1. The Morgan fingerprint density at radius 1 is 1.14 bits per heavy atom. The van der Waals surface area contributed by atoms with Crippen molar-refractivity contribution in [1.29, 1.82) is 0 Å². The number of benzene rings is 1. The molecule has 1 saturated carbocycles. The minimum absolute atomic E-state index is 0.102. The molecular weight excluding hydrogens is 446 g/mol. The van der Waals surface area contributed by atoms with E-state index < -0.39 is 11.2 Å². The van der Waals surface area contributed by atoms with Crippen LogP contribution in [0.5, 0.6) is 6.01 Å². The van der Waals surface area contributed by atoms with Gasteiger partial charge in [0.25, 0.3) is 11.6 Å². The van der Waals surface area contributed by atoms with E-state index in [-0.39, 0.29) is 35.5 Å². The number of hydrogen-bond donors (Lipinski definition) is 1. The normalized spacial score (nSPS) is 17.9. The smallest absolute Gasteiger partial charge is 0.332 e. The number of fused-ring (bicyclic) bond motifs is 1. The van der Waals surface area contributed by atoms with Crippen LogP contribution in [0.1, 0.15) is 49.9 Å². The van der Waals surface area contributed by atoms with Gasteiger partial charge in [-0.25, -0.2) is 4.79 Å². The highest BCUT2D eigenvalue weighted by Gasteiger charge is 2.29. The van der Waals surface area contributed by atoms with Crippen molar-refractivity contribution in [3.8, 4) is 6.01 Å². The summed E-state index contributed by atoms with van der Waals surface area (Å²) < 4.78 is 10.3. The third kappa shape index (κ3) is 5.00. The number of aromatic nitrogens is 4. The van der Waals surface area contributed by atoms with Crippen LogP contribution < -0.4 is 21.7 Å². The number of rotatable bonds is 8. The Bertz CT molecular complexity index is 1360. The lowest BCUT2D eigenvalue weighted by Crippen LogP contribution is -2.41. The molecule has 35 heavy (non-hydrogen) atoms. The van der Waals surface area contributed by atoms with Gasteiger partial charge in [-0.15, -0.1) is 0 Å². The van der Waals surface area contributed by atoms with E-state index in [1.807, 2.05) is 19.9 Å². The van der Waals surface area contributed by atoms with E-state index in [2.05, 4.69) is 4.98 Å². The molecule has 2 aromatic heterocycles. The highest BCUT2D eigenvalue weighted by molar-refractivity contribution is 5.95. The Morgan fingerprint density at radius 2 is 1.86 bits per heavy atom. The largest absolute Gasteiger partial charge is 0.461 e. The zero-order chi connectivity index (χ0) is 25.1. The van der Waals surface area contributed by atoms with Gasteiger partial charge in [0, 0.05) is 25.1 Å². The van der Waals surface area contributed by atoms with Crippen LogP contribution in [0.2, 0.25) is 0 Å². The van der Waals surface area contributed by atoms with Crippen LogP contribution in [-0.2, 0) is 20.1 Å². The fraction of sp³-hybridized carbons (Fsp3) is 0.462. The molecule has 0 spiro atoms. The summed E-state index contributed by atoms with van der Waals surface area (Å²) in [5.74, 6) is -0.103. The van der Waals surface area contributed by atoms with E-state index in [1.54, 1.807) is 41.9 Å². The van der Waals surface area contributed by atoms with Crippen LogP contribution in [0, 0.1) is 5.92 Å². The van der Waals surface area contributed by atoms with Gasteiger partial charge in [-0.1, -0.05) is 48.4 Å². The molecule has 4 rings (SSSR count). The number of ether oxygens (including phenoxy) is 1. The van der Waals surface area contributed by atoms with E-state index >= 15 is 0 Å². The molecule has 0 bridgehead atoms. The van der Waals surface area contributed by atoms with E-state index in [0.717, 1.165) is 35.8 Å². The molecule has 1 aliphatic carbocycles. The average molecular weight is 480 g/mol. The van der Waals surface area contributed by atoms with Crippen LogP contribution in [0.3, 0.4) is 0 Å². The number of Topliss-reactive ketones (excluding diaryl/α,β-unsaturated/α-hetero) is 1. The number of nitrogens with zero attached hydrogens (tertiary/aromatic N) is 4. The molecule has 1 aliphatic rings. The quantitative estimate of drug-likeness (QED) is 0.392. The zero-order valence-corrected chi connectivity index (χ0v) is 20.6. The first-order valence-electron chi connectivity index (χ1n) is 12.1. The predicted octanol–water partition coefficient (Wildman–Crippen LogP) is 2.64. The van der Waals surface area contributed by atoms with E-state index in [4.69, 9.17) is 10.5 Å². The van der Waals surface area contributed by atoms with Gasteiger partial charge in [-0.3, -0.25) is 23.3 Å². The van der Waals surface area contributed by atoms with Gasteiger partial charge in [0.1, 0.15) is 6.10 Å². The number of carbonyl (C=O) groups is 1. The summed E-state index contributed by atoms with van der Waals surface area (Å²) in [6.45, 7) is 4.46. The van der Waals surface area contributed by atoms with E-state index in [0.29, 0.717) is 24.7 Å². The zero-order valence-electron chi connectivity index (χ0n) is 20.6. The SMILES string of the molecule is CC(C)=CCn1c(O[C@@H]2CCCC[C@H]2CN)nc2c1c(=O)n(CC(=O)c1ccccc1)c(=O)n2C. The Balaban J connectivity index is 1.83. The Kier molecular flexibility index (Phi) is 7.35. The third-order valence-electron chi connectivity index (χ3n) is 6.68. The molecule has 9 heteroatoms. The minimum Gasteiger partial charge on any atom is -0.461 e. The molecule has 186 valence electrons. The van der Waals surface area contributed by atoms with E-state index in [1.165, 1.54) is 4.57 Å². The molecule has 1 aromatic carbocycles. The topological polar surface area (TPSA) is 114 Å². The number of nitrogens with two attached hydrogens (primary N) is 1. The van der Waals surface area contributed by atoms with Crippen LogP contribution in [0.25, 0.3) is 11.2 Å². The first-order valence-corrected chi connectivity index (χ1v) is 12.1. The molecule has 0 radical (unpaired) electrons. The number of allylic oxidation sites excluding steroid dienone is 2. The first kappa shape index (κ1) is 24.7. The van der Waals surface area contributed by atoms with Crippen molar-refractivity contribution in [2.45, 2.75) is 58.7 Å². The summed E-state index contributed by atoms with van der Waals surface area (Å²) in [6, 6.07) is 8.92. The van der Waals surface area contributed by atoms with E-state index in [9.17, 15) is 14.4 Å². The molecular formula is C26H33N5O4. The van der Waals surface area contributed by atoms with Gasteiger partial charge in [0.15, 0.2) is 16.9 Å². The second-order valence-corrected chi connectivity index (χ2v) is 9.42. The van der Waals surface area contributed by atoms with Crippen LogP contribution in [0.15, 0.2) is 51.6 Å².